The average Bonchev–Trinajstić information content (AvgIpc) is 2.74. The average molecular weight is 446 g/mol. The number of carbonyl (C=O) groups is 1. The van der Waals surface area contributed by atoms with Crippen molar-refractivity contribution in [2.75, 3.05) is 6.54 Å². The van der Waals surface area contributed by atoms with Crippen LogP contribution in [0.3, 0.4) is 0 Å². The molecule has 0 N–H and O–H groups in total. The Morgan fingerprint density at radius 3 is 2.58 bits per heavy atom. The molecule has 0 radical (unpaired) electrons. The van der Waals surface area contributed by atoms with Crippen LogP contribution >= 0.6 is 0 Å². The van der Waals surface area contributed by atoms with Gasteiger partial charge >= 0.3 is 11.6 Å². The minimum absolute atomic E-state index is 0.0623. The number of hydrogen-bond donors (Lipinski definition) is 0. The van der Waals surface area contributed by atoms with Crippen LogP contribution in [0.25, 0.3) is 11.0 Å². The third-order valence-corrected chi connectivity index (χ3v) is 7.31. The molecule has 0 amide bonds. The van der Waals surface area contributed by atoms with Gasteiger partial charge in [-0.1, -0.05) is 43.3 Å². The Morgan fingerprint density at radius 2 is 1.82 bits per heavy atom. The van der Waals surface area contributed by atoms with E-state index in [1.54, 1.807) is 6.07 Å². The van der Waals surface area contributed by atoms with Crippen molar-refractivity contribution in [2.24, 2.45) is 0 Å². The van der Waals surface area contributed by atoms with Crippen molar-refractivity contribution in [1.29, 1.82) is 0 Å². The van der Waals surface area contributed by atoms with Gasteiger partial charge in [-0.05, 0) is 50.5 Å². The van der Waals surface area contributed by atoms with Gasteiger partial charge in [-0.25, -0.2) is 9.69 Å². The van der Waals surface area contributed by atoms with Crippen LogP contribution in [-0.4, -0.2) is 29.2 Å². The number of fused-ring (bicyclic) bond motifs is 3. The first-order chi connectivity index (χ1) is 15.7. The summed E-state index contributed by atoms with van der Waals surface area (Å²) in [7, 11) is 0. The first-order valence-electron chi connectivity index (χ1n) is 11.5. The maximum absolute atomic E-state index is 13.3. The van der Waals surface area contributed by atoms with Gasteiger partial charge in [-0.3, -0.25) is 4.79 Å². The molecule has 4 atom stereocenters. The van der Waals surface area contributed by atoms with Gasteiger partial charge in [0, 0.05) is 17.4 Å². The van der Waals surface area contributed by atoms with Crippen LogP contribution in [0.15, 0.2) is 57.7 Å². The number of nitrogens with zero attached hydrogens (tertiary/aromatic N) is 1. The molecular weight excluding hydrogens is 418 g/mol. The second-order valence-corrected chi connectivity index (χ2v) is 10.6. The molecule has 4 unspecified atom stereocenters. The Kier molecular flexibility index (Phi) is 4.16. The van der Waals surface area contributed by atoms with Gasteiger partial charge in [0.05, 0.1) is 10.9 Å². The van der Waals surface area contributed by atoms with E-state index in [4.69, 9.17) is 13.9 Å². The zero-order valence-corrected chi connectivity index (χ0v) is 19.3. The third kappa shape index (κ3) is 2.90. The number of hydrogen-bond acceptors (Lipinski definition) is 6. The monoisotopic (exact) mass is 445 g/mol. The number of carbonyl (C=O) groups excluding carboxylic acids is 1. The highest BCUT2D eigenvalue weighted by atomic mass is 16.6. The molecule has 0 saturated carbocycles. The molecule has 33 heavy (non-hydrogen) atoms. The SMILES string of the molecule is CC(C)(C)OC(=O)CN1C2CC3(C)c4c(c5ccccc5oc4=O)OC1C3c1ccccc12. The highest BCUT2D eigenvalue weighted by molar-refractivity contribution is 5.85. The molecule has 7 rings (SSSR count). The molecule has 6 heteroatoms. The van der Waals surface area contributed by atoms with Crippen LogP contribution in [0.1, 0.15) is 62.8 Å². The molecule has 1 aliphatic carbocycles. The molecule has 4 bridgehead atoms. The first-order valence-corrected chi connectivity index (χ1v) is 11.5. The van der Waals surface area contributed by atoms with Gasteiger partial charge < -0.3 is 13.9 Å². The molecular formula is C27H27NO5. The van der Waals surface area contributed by atoms with E-state index in [1.165, 1.54) is 11.1 Å². The lowest BCUT2D eigenvalue weighted by Crippen LogP contribution is -2.64. The Hall–Kier alpha value is -3.12. The minimum Gasteiger partial charge on any atom is -0.473 e. The fraction of sp³-hybridized carbons (Fsp3) is 0.407. The zero-order valence-electron chi connectivity index (χ0n) is 19.3. The van der Waals surface area contributed by atoms with Crippen LogP contribution in [0.2, 0.25) is 0 Å². The maximum Gasteiger partial charge on any atom is 0.343 e. The quantitative estimate of drug-likeness (QED) is 0.422. The molecule has 170 valence electrons. The summed E-state index contributed by atoms with van der Waals surface area (Å²) >= 11 is 0. The van der Waals surface area contributed by atoms with Crippen molar-refractivity contribution < 1.29 is 18.7 Å². The molecule has 3 aromatic rings. The van der Waals surface area contributed by atoms with Crippen LogP contribution in [0, 0.1) is 0 Å². The van der Waals surface area contributed by atoms with Crippen LogP contribution in [0.5, 0.6) is 5.75 Å². The van der Waals surface area contributed by atoms with E-state index < -0.39 is 11.0 Å². The number of esters is 1. The van der Waals surface area contributed by atoms with Gasteiger partial charge in [-0.15, -0.1) is 0 Å². The Morgan fingerprint density at radius 1 is 1.12 bits per heavy atom. The molecule has 1 saturated heterocycles. The molecule has 2 aromatic carbocycles. The molecule has 0 spiro atoms. The topological polar surface area (TPSA) is 69.0 Å². The van der Waals surface area contributed by atoms with Crippen molar-refractivity contribution in [2.45, 2.75) is 63.3 Å². The standard InChI is InChI=1S/C27H27NO5/c1-26(2,3)33-20(29)14-28-18-13-27(4)21(16-10-6-5-9-15(16)18)24(28)32-23-17-11-7-8-12-19(17)31-25(30)22(23)27/h5-12,18,21,24H,13-14H2,1-4H3. The smallest absolute Gasteiger partial charge is 0.343 e. The summed E-state index contributed by atoms with van der Waals surface area (Å²) in [5.41, 5.74) is 2.12. The molecule has 3 aliphatic heterocycles. The summed E-state index contributed by atoms with van der Waals surface area (Å²) in [6, 6.07) is 15.7. The lowest BCUT2D eigenvalue weighted by molar-refractivity contribution is -0.168. The number of rotatable bonds is 2. The van der Waals surface area contributed by atoms with Crippen LogP contribution in [-0.2, 0) is 14.9 Å². The molecule has 1 fully saturated rings. The summed E-state index contributed by atoms with van der Waals surface area (Å²) < 4.78 is 18.0. The highest BCUT2D eigenvalue weighted by Crippen LogP contribution is 2.63. The van der Waals surface area contributed by atoms with E-state index in [2.05, 4.69) is 24.0 Å². The highest BCUT2D eigenvalue weighted by Gasteiger charge is 2.62. The predicted octanol–water partition coefficient (Wildman–Crippen LogP) is 4.66. The Labute approximate surface area is 192 Å². The lowest BCUT2D eigenvalue weighted by atomic mass is 9.55. The first kappa shape index (κ1) is 20.5. The minimum atomic E-state index is -0.562. The molecule has 4 heterocycles. The van der Waals surface area contributed by atoms with E-state index >= 15 is 0 Å². The van der Waals surface area contributed by atoms with E-state index in [1.807, 2.05) is 51.1 Å². The maximum atomic E-state index is 13.3. The lowest BCUT2D eigenvalue weighted by Gasteiger charge is -2.61. The van der Waals surface area contributed by atoms with Gasteiger partial charge in [0.15, 0.2) is 6.23 Å². The Balaban J connectivity index is 1.54. The number of benzene rings is 2. The van der Waals surface area contributed by atoms with Crippen molar-refractivity contribution in [3.8, 4) is 5.75 Å². The van der Waals surface area contributed by atoms with Crippen LogP contribution in [0.4, 0.5) is 0 Å². The second-order valence-electron chi connectivity index (χ2n) is 10.6. The Bertz CT molecular complexity index is 1350. The van der Waals surface area contributed by atoms with E-state index in [0.717, 1.165) is 5.39 Å². The summed E-state index contributed by atoms with van der Waals surface area (Å²) in [5.74, 6) is 0.205. The number of para-hydroxylation sites is 1. The van der Waals surface area contributed by atoms with Crippen molar-refractivity contribution in [3.63, 3.8) is 0 Å². The van der Waals surface area contributed by atoms with Crippen LogP contribution < -0.4 is 10.4 Å². The van der Waals surface area contributed by atoms with Gasteiger partial charge in [-0.2, -0.15) is 0 Å². The summed E-state index contributed by atoms with van der Waals surface area (Å²) in [6.45, 7) is 7.89. The van der Waals surface area contributed by atoms with Crippen molar-refractivity contribution >= 4 is 16.9 Å². The molecule has 1 aromatic heterocycles. The third-order valence-electron chi connectivity index (χ3n) is 7.31. The predicted molar refractivity (Wildman–Crippen MR) is 123 cm³/mol. The molecule has 6 nitrogen and oxygen atoms in total. The largest absolute Gasteiger partial charge is 0.473 e. The van der Waals surface area contributed by atoms with Crippen molar-refractivity contribution in [3.05, 3.63) is 75.6 Å². The summed E-state index contributed by atoms with van der Waals surface area (Å²) in [5, 5.41) is 0.784. The van der Waals surface area contributed by atoms with Gasteiger partial charge in [0.1, 0.15) is 23.5 Å². The number of piperidine rings is 1. The van der Waals surface area contributed by atoms with Gasteiger partial charge in [0.2, 0.25) is 0 Å². The van der Waals surface area contributed by atoms with Crippen molar-refractivity contribution in [1.82, 2.24) is 4.90 Å². The fourth-order valence-electron chi connectivity index (χ4n) is 6.19. The normalized spacial score (nSPS) is 27.6. The molecule has 4 aliphatic rings. The van der Waals surface area contributed by atoms with E-state index in [0.29, 0.717) is 23.3 Å². The summed E-state index contributed by atoms with van der Waals surface area (Å²) in [4.78, 5) is 28.3. The number of ether oxygens (including phenoxy) is 2. The van der Waals surface area contributed by atoms with E-state index in [-0.39, 0.29) is 36.3 Å². The summed E-state index contributed by atoms with van der Waals surface area (Å²) in [6.07, 6.45) is 0.321. The zero-order chi connectivity index (χ0) is 23.1. The van der Waals surface area contributed by atoms with Gasteiger partial charge in [0.25, 0.3) is 0 Å². The van der Waals surface area contributed by atoms with E-state index in [9.17, 15) is 9.59 Å². The second kappa shape index (κ2) is 6.70. The fourth-order valence-corrected chi connectivity index (χ4v) is 6.19.